The number of nitrogens with one attached hydrogen (secondary N) is 2. The highest BCUT2D eigenvalue weighted by molar-refractivity contribution is 6.13. The Morgan fingerprint density at radius 2 is 1.76 bits per heavy atom. The van der Waals surface area contributed by atoms with Gasteiger partial charge in [0.25, 0.3) is 0 Å². The maximum atomic E-state index is 12.5. The lowest BCUT2D eigenvalue weighted by Crippen LogP contribution is -2.41. The van der Waals surface area contributed by atoms with Crippen LogP contribution in [-0.2, 0) is 14.3 Å². The fourth-order valence-electron chi connectivity index (χ4n) is 3.28. The molecule has 0 radical (unpaired) electrons. The lowest BCUT2D eigenvalue weighted by molar-refractivity contribution is -0.134. The fourth-order valence-corrected chi connectivity index (χ4v) is 3.28. The number of anilines is 2. The standard InChI is InChI=1S/C19H27N3O3/c1-25-14-11-20-17(23)19(9-10-19)18(24)21-15-5-7-16(8-6-15)22-12-3-2-4-13-22/h5-8H,2-4,9-14H2,1H3,(H,20,23)(H,21,24). The van der Waals surface area contributed by atoms with Crippen LogP contribution >= 0.6 is 0 Å². The summed E-state index contributed by atoms with van der Waals surface area (Å²) in [5.41, 5.74) is 1.03. The highest BCUT2D eigenvalue weighted by Gasteiger charge is 2.56. The predicted molar refractivity (Wildman–Crippen MR) is 97.7 cm³/mol. The van der Waals surface area contributed by atoms with E-state index in [1.165, 1.54) is 24.9 Å². The van der Waals surface area contributed by atoms with Crippen LogP contribution in [0.5, 0.6) is 0 Å². The van der Waals surface area contributed by atoms with Crippen LogP contribution in [0.4, 0.5) is 11.4 Å². The third kappa shape index (κ3) is 4.12. The maximum absolute atomic E-state index is 12.5. The molecule has 1 aliphatic carbocycles. The van der Waals surface area contributed by atoms with E-state index in [-0.39, 0.29) is 11.8 Å². The van der Waals surface area contributed by atoms with Gasteiger partial charge in [0.2, 0.25) is 11.8 Å². The molecule has 1 aliphatic heterocycles. The van der Waals surface area contributed by atoms with Crippen molar-refractivity contribution in [1.29, 1.82) is 0 Å². The Balaban J connectivity index is 1.56. The van der Waals surface area contributed by atoms with Crippen LogP contribution in [-0.4, -0.2) is 45.2 Å². The lowest BCUT2D eigenvalue weighted by Gasteiger charge is -2.28. The van der Waals surface area contributed by atoms with E-state index in [2.05, 4.69) is 15.5 Å². The van der Waals surface area contributed by atoms with Gasteiger partial charge in [-0.25, -0.2) is 0 Å². The van der Waals surface area contributed by atoms with Gasteiger partial charge >= 0.3 is 0 Å². The van der Waals surface area contributed by atoms with Crippen molar-refractivity contribution in [1.82, 2.24) is 5.32 Å². The topological polar surface area (TPSA) is 70.7 Å². The molecule has 0 spiro atoms. The van der Waals surface area contributed by atoms with Crippen LogP contribution < -0.4 is 15.5 Å². The SMILES string of the molecule is COCCNC(=O)C1(C(=O)Nc2ccc(N3CCCCC3)cc2)CC1. The molecule has 2 N–H and O–H groups in total. The summed E-state index contributed by atoms with van der Waals surface area (Å²) in [7, 11) is 1.58. The van der Waals surface area contributed by atoms with Crippen LogP contribution in [0.15, 0.2) is 24.3 Å². The minimum Gasteiger partial charge on any atom is -0.383 e. The molecule has 3 rings (SSSR count). The first-order valence-corrected chi connectivity index (χ1v) is 9.09. The van der Waals surface area contributed by atoms with Crippen LogP contribution in [0.1, 0.15) is 32.1 Å². The molecule has 1 aromatic rings. The van der Waals surface area contributed by atoms with E-state index < -0.39 is 5.41 Å². The van der Waals surface area contributed by atoms with Gasteiger partial charge in [-0.3, -0.25) is 9.59 Å². The molecule has 6 heteroatoms. The zero-order valence-corrected chi connectivity index (χ0v) is 14.8. The van der Waals surface area contributed by atoms with Crippen molar-refractivity contribution >= 4 is 23.2 Å². The van der Waals surface area contributed by atoms with Crippen molar-refractivity contribution < 1.29 is 14.3 Å². The Kier molecular flexibility index (Phi) is 5.58. The second-order valence-corrected chi connectivity index (χ2v) is 6.88. The Bertz CT molecular complexity index is 605. The smallest absolute Gasteiger partial charge is 0.240 e. The number of carbonyl (C=O) groups is 2. The summed E-state index contributed by atoms with van der Waals surface area (Å²) in [6.45, 7) is 3.06. The summed E-state index contributed by atoms with van der Waals surface area (Å²) in [5, 5.41) is 5.67. The number of benzene rings is 1. The minimum absolute atomic E-state index is 0.202. The average molecular weight is 345 g/mol. The number of ether oxygens (including phenoxy) is 1. The highest BCUT2D eigenvalue weighted by atomic mass is 16.5. The van der Waals surface area contributed by atoms with Crippen molar-refractivity contribution in [2.24, 2.45) is 5.41 Å². The number of hydrogen-bond acceptors (Lipinski definition) is 4. The summed E-state index contributed by atoms with van der Waals surface area (Å²) in [6.07, 6.45) is 4.98. The van der Waals surface area contributed by atoms with Gasteiger partial charge in [-0.2, -0.15) is 0 Å². The summed E-state index contributed by atoms with van der Waals surface area (Å²) in [6, 6.07) is 7.92. The molecular formula is C19H27N3O3. The van der Waals surface area contributed by atoms with E-state index in [9.17, 15) is 9.59 Å². The van der Waals surface area contributed by atoms with Gasteiger partial charge in [0.05, 0.1) is 6.61 Å². The molecule has 0 aromatic heterocycles. The molecule has 2 amide bonds. The normalized spacial score (nSPS) is 18.5. The zero-order valence-electron chi connectivity index (χ0n) is 14.8. The van der Waals surface area contributed by atoms with E-state index >= 15 is 0 Å². The third-order valence-electron chi connectivity index (χ3n) is 5.06. The number of piperidine rings is 1. The first kappa shape index (κ1) is 17.7. The molecule has 25 heavy (non-hydrogen) atoms. The second-order valence-electron chi connectivity index (χ2n) is 6.88. The van der Waals surface area contributed by atoms with E-state index in [1.807, 2.05) is 24.3 Å². The van der Waals surface area contributed by atoms with Crippen LogP contribution in [0.2, 0.25) is 0 Å². The largest absolute Gasteiger partial charge is 0.383 e. The summed E-state index contributed by atoms with van der Waals surface area (Å²) < 4.78 is 4.92. The van der Waals surface area contributed by atoms with Gasteiger partial charge in [-0.05, 0) is 56.4 Å². The Hall–Kier alpha value is -2.08. The average Bonchev–Trinajstić information content (AvgIpc) is 3.45. The molecular weight excluding hydrogens is 318 g/mol. The first-order valence-electron chi connectivity index (χ1n) is 9.09. The molecule has 0 unspecified atom stereocenters. The van der Waals surface area contributed by atoms with Gasteiger partial charge in [0.15, 0.2) is 0 Å². The fraction of sp³-hybridized carbons (Fsp3) is 0.579. The molecule has 0 atom stereocenters. The molecule has 1 heterocycles. The summed E-state index contributed by atoms with van der Waals surface area (Å²) in [4.78, 5) is 27.2. The van der Waals surface area contributed by atoms with Crippen molar-refractivity contribution in [3.8, 4) is 0 Å². The minimum atomic E-state index is -0.903. The van der Waals surface area contributed by atoms with Crippen LogP contribution in [0, 0.1) is 5.41 Å². The van der Waals surface area contributed by atoms with Crippen molar-refractivity contribution in [2.45, 2.75) is 32.1 Å². The molecule has 0 bridgehead atoms. The number of rotatable bonds is 7. The van der Waals surface area contributed by atoms with E-state index in [0.717, 1.165) is 18.8 Å². The molecule has 2 aliphatic rings. The molecule has 2 fully saturated rings. The number of amides is 2. The number of carbonyl (C=O) groups excluding carboxylic acids is 2. The van der Waals surface area contributed by atoms with Crippen LogP contribution in [0.3, 0.4) is 0 Å². The number of methoxy groups -OCH3 is 1. The molecule has 1 aromatic carbocycles. The van der Waals surface area contributed by atoms with Gasteiger partial charge < -0.3 is 20.3 Å². The van der Waals surface area contributed by atoms with Crippen molar-refractivity contribution in [3.05, 3.63) is 24.3 Å². The summed E-state index contributed by atoms with van der Waals surface area (Å²) >= 11 is 0. The van der Waals surface area contributed by atoms with Crippen molar-refractivity contribution in [2.75, 3.05) is 43.6 Å². The van der Waals surface area contributed by atoms with Crippen LogP contribution in [0.25, 0.3) is 0 Å². The monoisotopic (exact) mass is 345 g/mol. The Labute approximate surface area is 148 Å². The van der Waals surface area contributed by atoms with Crippen molar-refractivity contribution in [3.63, 3.8) is 0 Å². The Morgan fingerprint density at radius 3 is 2.36 bits per heavy atom. The van der Waals surface area contributed by atoms with Gasteiger partial charge in [-0.15, -0.1) is 0 Å². The van der Waals surface area contributed by atoms with E-state index in [1.54, 1.807) is 7.11 Å². The number of hydrogen-bond donors (Lipinski definition) is 2. The predicted octanol–water partition coefficient (Wildman–Crippen LogP) is 2.16. The van der Waals surface area contributed by atoms with Gasteiger partial charge in [0, 0.05) is 38.1 Å². The molecule has 1 saturated carbocycles. The Morgan fingerprint density at radius 1 is 1.08 bits per heavy atom. The van der Waals surface area contributed by atoms with E-state index in [4.69, 9.17) is 4.74 Å². The zero-order chi connectivity index (χ0) is 17.7. The number of nitrogens with zero attached hydrogens (tertiary/aromatic N) is 1. The molecule has 136 valence electrons. The van der Waals surface area contributed by atoms with Gasteiger partial charge in [-0.1, -0.05) is 0 Å². The maximum Gasteiger partial charge on any atom is 0.240 e. The second kappa shape index (κ2) is 7.87. The quantitative estimate of drug-likeness (QED) is 0.587. The van der Waals surface area contributed by atoms with Gasteiger partial charge in [0.1, 0.15) is 5.41 Å². The third-order valence-corrected chi connectivity index (χ3v) is 5.06. The molecule has 1 saturated heterocycles. The van der Waals surface area contributed by atoms with E-state index in [0.29, 0.717) is 26.0 Å². The lowest BCUT2D eigenvalue weighted by atomic mass is 10.0. The summed E-state index contributed by atoms with van der Waals surface area (Å²) in [5.74, 6) is -0.417. The highest BCUT2D eigenvalue weighted by Crippen LogP contribution is 2.46. The first-order chi connectivity index (χ1) is 12.2. The molecule has 6 nitrogen and oxygen atoms in total.